The van der Waals surface area contributed by atoms with Crippen molar-refractivity contribution in [2.75, 3.05) is 13.2 Å². The first kappa shape index (κ1) is 22.8. The molecule has 1 atom stereocenters. The summed E-state index contributed by atoms with van der Waals surface area (Å²) in [5.41, 5.74) is 5.34. The lowest BCUT2D eigenvalue weighted by Crippen LogP contribution is -2.35. The molecule has 1 unspecified atom stereocenters. The fraction of sp³-hybridized carbons (Fsp3) is 0.276. The van der Waals surface area contributed by atoms with E-state index in [1.54, 1.807) is 31.2 Å². The van der Waals surface area contributed by atoms with Crippen LogP contribution in [0.2, 0.25) is 0 Å². The molecule has 4 rings (SSSR count). The number of hydrogen-bond acceptors (Lipinski definition) is 3. The second kappa shape index (κ2) is 10.1. The molecule has 3 aromatic rings. The number of carbonyl (C=O) groups is 1. The molecule has 0 saturated heterocycles. The number of ether oxygens (including phenoxy) is 2. The number of carboxylic acid groups (broad SMARTS) is 1. The highest BCUT2D eigenvalue weighted by molar-refractivity contribution is 6.01. The number of benzene rings is 3. The van der Waals surface area contributed by atoms with Gasteiger partial charge in [0, 0.05) is 6.61 Å². The normalized spacial score (nSPS) is 13.7. The lowest BCUT2D eigenvalue weighted by Gasteiger charge is -2.26. The Morgan fingerprint density at radius 1 is 0.879 bits per heavy atom. The fourth-order valence-electron chi connectivity index (χ4n) is 4.26. The zero-order valence-corrected chi connectivity index (χ0v) is 19.2. The molecule has 0 fully saturated rings. The Bertz CT molecular complexity index is 1100. The van der Waals surface area contributed by atoms with Gasteiger partial charge in [-0.1, -0.05) is 80.4 Å². The van der Waals surface area contributed by atoms with Crippen LogP contribution in [0.1, 0.15) is 49.8 Å². The minimum absolute atomic E-state index is 0.418. The van der Waals surface area contributed by atoms with Gasteiger partial charge in [0.15, 0.2) is 5.60 Å². The van der Waals surface area contributed by atoms with E-state index in [1.165, 1.54) is 27.8 Å². The predicted molar refractivity (Wildman–Crippen MR) is 131 cm³/mol. The number of fused-ring (bicyclic) bond motifs is 3. The Kier molecular flexibility index (Phi) is 6.95. The van der Waals surface area contributed by atoms with Crippen LogP contribution in [0.4, 0.5) is 0 Å². The monoisotopic (exact) mass is 442 g/mol. The SMILES string of the molecule is CCCCCOC(C)(C(=O)O)c1ccc(OCC=C2c3ccccc3-c3ccccc32)cc1. The Hall–Kier alpha value is -3.37. The number of unbranched alkanes of at least 4 members (excludes halogenated alkanes) is 2. The van der Waals surface area contributed by atoms with Gasteiger partial charge in [0.1, 0.15) is 12.4 Å². The first-order valence-electron chi connectivity index (χ1n) is 11.5. The molecule has 0 saturated carbocycles. The second-order valence-corrected chi connectivity index (χ2v) is 8.44. The molecule has 170 valence electrons. The van der Waals surface area contributed by atoms with Crippen LogP contribution in [-0.2, 0) is 15.1 Å². The van der Waals surface area contributed by atoms with Gasteiger partial charge in [0.2, 0.25) is 0 Å². The van der Waals surface area contributed by atoms with Gasteiger partial charge in [0.05, 0.1) is 0 Å². The smallest absolute Gasteiger partial charge is 0.340 e. The molecule has 1 aliphatic rings. The van der Waals surface area contributed by atoms with Crippen molar-refractivity contribution in [3.05, 3.63) is 95.6 Å². The first-order chi connectivity index (χ1) is 16.0. The largest absolute Gasteiger partial charge is 0.490 e. The van der Waals surface area contributed by atoms with Gasteiger partial charge in [-0.3, -0.25) is 0 Å². The highest BCUT2D eigenvalue weighted by atomic mass is 16.5. The van der Waals surface area contributed by atoms with E-state index in [2.05, 4.69) is 61.5 Å². The summed E-state index contributed by atoms with van der Waals surface area (Å²) >= 11 is 0. The summed E-state index contributed by atoms with van der Waals surface area (Å²) in [4.78, 5) is 11.9. The highest BCUT2D eigenvalue weighted by Crippen LogP contribution is 2.43. The van der Waals surface area contributed by atoms with Crippen LogP contribution in [0.25, 0.3) is 16.7 Å². The van der Waals surface area contributed by atoms with E-state index < -0.39 is 11.6 Å². The third-order valence-corrected chi connectivity index (χ3v) is 6.21. The zero-order chi connectivity index (χ0) is 23.3. The van der Waals surface area contributed by atoms with E-state index in [-0.39, 0.29) is 0 Å². The van der Waals surface area contributed by atoms with Crippen LogP contribution < -0.4 is 4.74 Å². The first-order valence-corrected chi connectivity index (χ1v) is 11.5. The zero-order valence-electron chi connectivity index (χ0n) is 19.2. The van der Waals surface area contributed by atoms with Crippen molar-refractivity contribution >= 4 is 11.5 Å². The Morgan fingerprint density at radius 3 is 2.00 bits per heavy atom. The molecule has 0 aromatic heterocycles. The molecule has 3 aromatic carbocycles. The van der Waals surface area contributed by atoms with Crippen molar-refractivity contribution < 1.29 is 19.4 Å². The van der Waals surface area contributed by atoms with Gasteiger partial charge in [-0.05, 0) is 64.9 Å². The number of hydrogen-bond donors (Lipinski definition) is 1. The summed E-state index contributed by atoms with van der Waals surface area (Å²) in [6.45, 7) is 4.55. The Labute approximate surface area is 195 Å². The average molecular weight is 443 g/mol. The Balaban J connectivity index is 1.46. The van der Waals surface area contributed by atoms with Crippen molar-refractivity contribution in [3.8, 4) is 16.9 Å². The molecule has 0 amide bonds. The molecule has 0 radical (unpaired) electrons. The molecule has 0 aliphatic heterocycles. The molecular weight excluding hydrogens is 412 g/mol. The number of carboxylic acids is 1. The van der Waals surface area contributed by atoms with Crippen LogP contribution in [-0.4, -0.2) is 24.3 Å². The van der Waals surface area contributed by atoms with Gasteiger partial charge < -0.3 is 14.6 Å². The summed E-state index contributed by atoms with van der Waals surface area (Å²) < 4.78 is 11.8. The Morgan fingerprint density at radius 2 is 1.45 bits per heavy atom. The maximum atomic E-state index is 11.9. The quantitative estimate of drug-likeness (QED) is 0.278. The van der Waals surface area contributed by atoms with Crippen LogP contribution >= 0.6 is 0 Å². The summed E-state index contributed by atoms with van der Waals surface area (Å²) in [6, 6.07) is 24.0. The summed E-state index contributed by atoms with van der Waals surface area (Å²) in [7, 11) is 0. The summed E-state index contributed by atoms with van der Waals surface area (Å²) in [5, 5.41) is 9.77. The van der Waals surface area contributed by atoms with E-state index in [1.807, 2.05) is 0 Å². The van der Waals surface area contributed by atoms with E-state index in [4.69, 9.17) is 9.47 Å². The van der Waals surface area contributed by atoms with Crippen molar-refractivity contribution in [2.45, 2.75) is 38.7 Å². The van der Waals surface area contributed by atoms with Crippen LogP contribution in [0.15, 0.2) is 78.9 Å². The minimum Gasteiger partial charge on any atom is -0.490 e. The molecule has 0 spiro atoms. The minimum atomic E-state index is -1.37. The number of rotatable bonds is 10. The topological polar surface area (TPSA) is 55.8 Å². The standard InChI is InChI=1S/C29H30O4/c1-3-4-9-19-33-29(2,28(30)31)21-14-16-22(17-15-21)32-20-18-27-25-12-7-5-10-23(25)24-11-6-8-13-26(24)27/h5-8,10-18H,3-4,9,19-20H2,1-2H3,(H,30,31). The van der Waals surface area contributed by atoms with E-state index in [0.717, 1.165) is 19.3 Å². The van der Waals surface area contributed by atoms with Crippen molar-refractivity contribution in [1.29, 1.82) is 0 Å². The summed E-state index contributed by atoms with van der Waals surface area (Å²) in [6.07, 6.45) is 5.04. The molecule has 33 heavy (non-hydrogen) atoms. The van der Waals surface area contributed by atoms with Crippen LogP contribution in [0.3, 0.4) is 0 Å². The molecule has 1 N–H and O–H groups in total. The molecular formula is C29H30O4. The van der Waals surface area contributed by atoms with Crippen molar-refractivity contribution in [3.63, 3.8) is 0 Å². The van der Waals surface area contributed by atoms with Crippen LogP contribution in [0, 0.1) is 0 Å². The van der Waals surface area contributed by atoms with E-state index >= 15 is 0 Å². The van der Waals surface area contributed by atoms with Crippen molar-refractivity contribution in [2.24, 2.45) is 0 Å². The maximum absolute atomic E-state index is 11.9. The number of aliphatic carboxylic acids is 1. The van der Waals surface area contributed by atoms with Gasteiger partial charge in [-0.2, -0.15) is 0 Å². The molecule has 0 bridgehead atoms. The predicted octanol–water partition coefficient (Wildman–Crippen LogP) is 6.68. The van der Waals surface area contributed by atoms with Gasteiger partial charge in [-0.15, -0.1) is 0 Å². The maximum Gasteiger partial charge on any atom is 0.340 e. The van der Waals surface area contributed by atoms with E-state index in [9.17, 15) is 9.90 Å². The van der Waals surface area contributed by atoms with E-state index in [0.29, 0.717) is 24.5 Å². The van der Waals surface area contributed by atoms with Crippen molar-refractivity contribution in [1.82, 2.24) is 0 Å². The third-order valence-electron chi connectivity index (χ3n) is 6.21. The molecule has 1 aliphatic carbocycles. The lowest BCUT2D eigenvalue weighted by molar-refractivity contribution is -0.165. The second-order valence-electron chi connectivity index (χ2n) is 8.44. The van der Waals surface area contributed by atoms with Crippen LogP contribution in [0.5, 0.6) is 5.75 Å². The fourth-order valence-corrected chi connectivity index (χ4v) is 4.26. The third kappa shape index (κ3) is 4.71. The summed E-state index contributed by atoms with van der Waals surface area (Å²) in [5.74, 6) is -0.301. The molecule has 0 heterocycles. The van der Waals surface area contributed by atoms with Gasteiger partial charge >= 0.3 is 5.97 Å². The van der Waals surface area contributed by atoms with Gasteiger partial charge in [-0.25, -0.2) is 4.79 Å². The van der Waals surface area contributed by atoms with Gasteiger partial charge in [0.25, 0.3) is 0 Å². The highest BCUT2D eigenvalue weighted by Gasteiger charge is 2.36. The molecule has 4 nitrogen and oxygen atoms in total. The average Bonchev–Trinajstić information content (AvgIpc) is 3.16. The lowest BCUT2D eigenvalue weighted by atomic mass is 9.95. The molecule has 4 heteroatoms.